The average molecular weight is 149 g/mol. The first kappa shape index (κ1) is 10.2. The summed E-state index contributed by atoms with van der Waals surface area (Å²) in [5.74, 6) is 0. The van der Waals surface area contributed by atoms with E-state index in [2.05, 4.69) is 34.3 Å². The number of rotatable bonds is 2. The Morgan fingerprint density at radius 2 is 1.82 bits per heavy atom. The Morgan fingerprint density at radius 1 is 1.27 bits per heavy atom. The highest BCUT2D eigenvalue weighted by atomic mass is 14.2. The van der Waals surface area contributed by atoms with Crippen LogP contribution in [0.4, 0.5) is 0 Å². The number of allylic oxidation sites excluding steroid dienone is 5. The van der Waals surface area contributed by atoms with Gasteiger partial charge in [-0.2, -0.15) is 0 Å². The van der Waals surface area contributed by atoms with E-state index in [4.69, 9.17) is 0 Å². The van der Waals surface area contributed by atoms with E-state index in [1.807, 2.05) is 18.2 Å². The molecule has 0 nitrogen and oxygen atoms in total. The van der Waals surface area contributed by atoms with Crippen molar-refractivity contribution >= 4 is 0 Å². The third kappa shape index (κ3) is 3.82. The van der Waals surface area contributed by atoms with Crippen LogP contribution >= 0.6 is 0 Å². The molecule has 0 aliphatic rings. The lowest BCUT2D eigenvalue weighted by molar-refractivity contribution is 0.517. The van der Waals surface area contributed by atoms with Gasteiger partial charge in [0, 0.05) is 0 Å². The van der Waals surface area contributed by atoms with E-state index in [1.165, 1.54) is 5.57 Å². The molecule has 0 N–H and O–H groups in total. The zero-order valence-corrected chi connectivity index (χ0v) is 7.72. The topological polar surface area (TPSA) is 0 Å². The van der Waals surface area contributed by atoms with Crippen molar-refractivity contribution in [2.75, 3.05) is 0 Å². The standard InChI is InChI=1S/C11H17/c1-6-8-9-10(7-2)11(3,4)5/h6-9H,1-2H2,3-5H3/b9-8-,10-7+. The largest absolute Gasteiger partial charge is 0.0991 e. The van der Waals surface area contributed by atoms with Gasteiger partial charge < -0.3 is 0 Å². The van der Waals surface area contributed by atoms with Gasteiger partial charge in [0.2, 0.25) is 0 Å². The molecule has 1 radical (unpaired) electrons. The van der Waals surface area contributed by atoms with E-state index in [-0.39, 0.29) is 5.41 Å². The third-order valence-corrected chi connectivity index (χ3v) is 1.50. The summed E-state index contributed by atoms with van der Waals surface area (Å²) in [5.41, 5.74) is 1.42. The van der Waals surface area contributed by atoms with Gasteiger partial charge in [-0.1, -0.05) is 51.7 Å². The van der Waals surface area contributed by atoms with Crippen molar-refractivity contribution in [1.82, 2.24) is 0 Å². The second-order valence-corrected chi connectivity index (χ2v) is 3.50. The Labute approximate surface area is 70.3 Å². The molecule has 0 aromatic heterocycles. The van der Waals surface area contributed by atoms with E-state index in [1.54, 1.807) is 6.08 Å². The molecule has 0 saturated heterocycles. The van der Waals surface area contributed by atoms with E-state index < -0.39 is 0 Å². The summed E-state index contributed by atoms with van der Waals surface area (Å²) in [6.07, 6.45) is 7.64. The summed E-state index contributed by atoms with van der Waals surface area (Å²) in [6.45, 7) is 13.9. The van der Waals surface area contributed by atoms with Gasteiger partial charge in [-0.15, -0.1) is 0 Å². The van der Waals surface area contributed by atoms with Crippen LogP contribution in [0.5, 0.6) is 0 Å². The third-order valence-electron chi connectivity index (χ3n) is 1.50. The maximum atomic E-state index is 3.76. The minimum absolute atomic E-state index is 0.182. The van der Waals surface area contributed by atoms with Gasteiger partial charge in [-0.3, -0.25) is 0 Å². The van der Waals surface area contributed by atoms with Crippen molar-refractivity contribution in [3.63, 3.8) is 0 Å². The molecule has 0 atom stereocenters. The van der Waals surface area contributed by atoms with Gasteiger partial charge in [0.25, 0.3) is 0 Å². The molecule has 0 heterocycles. The zero-order chi connectivity index (χ0) is 8.91. The smallest absolute Gasteiger partial charge is 0.0135 e. The van der Waals surface area contributed by atoms with Crippen LogP contribution in [-0.4, -0.2) is 0 Å². The SMILES string of the molecule is [CH2]/C=C(\C=C/C=C)C(C)(C)C. The van der Waals surface area contributed by atoms with Crippen LogP contribution in [0.15, 0.2) is 36.5 Å². The zero-order valence-electron chi connectivity index (χ0n) is 7.72. The fourth-order valence-electron chi connectivity index (χ4n) is 0.796. The van der Waals surface area contributed by atoms with Crippen LogP contribution < -0.4 is 0 Å². The van der Waals surface area contributed by atoms with Crippen molar-refractivity contribution in [2.45, 2.75) is 20.8 Å². The van der Waals surface area contributed by atoms with Gasteiger partial charge in [-0.05, 0) is 17.9 Å². The molecule has 0 unspecified atom stereocenters. The predicted molar refractivity (Wildman–Crippen MR) is 52.2 cm³/mol. The van der Waals surface area contributed by atoms with Gasteiger partial charge in [0.1, 0.15) is 0 Å². The first-order valence-corrected chi connectivity index (χ1v) is 3.81. The lowest BCUT2D eigenvalue weighted by atomic mass is 9.86. The molecular weight excluding hydrogens is 132 g/mol. The first-order valence-electron chi connectivity index (χ1n) is 3.81. The molecular formula is C11H17. The molecule has 11 heavy (non-hydrogen) atoms. The summed E-state index contributed by atoms with van der Waals surface area (Å²) in [7, 11) is 0. The second kappa shape index (κ2) is 4.17. The lowest BCUT2D eigenvalue weighted by Gasteiger charge is -2.19. The van der Waals surface area contributed by atoms with Crippen molar-refractivity contribution in [2.24, 2.45) is 5.41 Å². The average Bonchev–Trinajstić information content (AvgIpc) is 1.87. The highest BCUT2D eigenvalue weighted by Crippen LogP contribution is 2.25. The fourth-order valence-corrected chi connectivity index (χ4v) is 0.796. The second-order valence-electron chi connectivity index (χ2n) is 3.50. The Bertz CT molecular complexity index is 175. The van der Waals surface area contributed by atoms with Crippen molar-refractivity contribution in [1.29, 1.82) is 0 Å². The Hall–Kier alpha value is -0.780. The van der Waals surface area contributed by atoms with Gasteiger partial charge in [-0.25, -0.2) is 0 Å². The summed E-state index contributed by atoms with van der Waals surface area (Å²) in [5, 5.41) is 0. The van der Waals surface area contributed by atoms with Crippen LogP contribution in [0.3, 0.4) is 0 Å². The van der Waals surface area contributed by atoms with Crippen LogP contribution in [0.2, 0.25) is 0 Å². The molecule has 0 heteroatoms. The van der Waals surface area contributed by atoms with Gasteiger partial charge in [0.05, 0.1) is 0 Å². The van der Waals surface area contributed by atoms with Crippen LogP contribution in [0, 0.1) is 12.3 Å². The lowest BCUT2D eigenvalue weighted by Crippen LogP contribution is -2.06. The number of hydrogen-bond donors (Lipinski definition) is 0. The van der Waals surface area contributed by atoms with Crippen LogP contribution in [0.1, 0.15) is 20.8 Å². The Balaban J connectivity index is 4.45. The first-order chi connectivity index (χ1) is 5.02. The highest BCUT2D eigenvalue weighted by Gasteiger charge is 2.12. The molecule has 0 rings (SSSR count). The Morgan fingerprint density at radius 3 is 2.09 bits per heavy atom. The maximum absolute atomic E-state index is 3.76. The summed E-state index contributed by atoms with van der Waals surface area (Å²) in [4.78, 5) is 0. The van der Waals surface area contributed by atoms with Crippen LogP contribution in [0.25, 0.3) is 0 Å². The molecule has 0 saturated carbocycles. The van der Waals surface area contributed by atoms with E-state index >= 15 is 0 Å². The van der Waals surface area contributed by atoms with Crippen molar-refractivity contribution in [3.05, 3.63) is 43.4 Å². The van der Waals surface area contributed by atoms with Gasteiger partial charge >= 0.3 is 0 Å². The normalized spacial score (nSPS) is 14.0. The fraction of sp³-hybridized carbons (Fsp3) is 0.364. The molecule has 0 aliphatic heterocycles. The maximum Gasteiger partial charge on any atom is -0.0135 e. The highest BCUT2D eigenvalue weighted by molar-refractivity contribution is 5.27. The molecule has 61 valence electrons. The van der Waals surface area contributed by atoms with Crippen molar-refractivity contribution in [3.8, 4) is 0 Å². The van der Waals surface area contributed by atoms with E-state index in [9.17, 15) is 0 Å². The van der Waals surface area contributed by atoms with Crippen LogP contribution in [-0.2, 0) is 0 Å². The molecule has 0 aliphatic carbocycles. The van der Waals surface area contributed by atoms with Gasteiger partial charge in [0.15, 0.2) is 0 Å². The minimum Gasteiger partial charge on any atom is -0.0991 e. The van der Waals surface area contributed by atoms with E-state index in [0.29, 0.717) is 0 Å². The summed E-state index contributed by atoms with van der Waals surface area (Å²) < 4.78 is 0. The summed E-state index contributed by atoms with van der Waals surface area (Å²) >= 11 is 0. The molecule has 0 fully saturated rings. The molecule has 0 bridgehead atoms. The molecule has 0 aromatic rings. The Kier molecular flexibility index (Phi) is 3.88. The summed E-state index contributed by atoms with van der Waals surface area (Å²) in [6, 6.07) is 0. The number of hydrogen-bond acceptors (Lipinski definition) is 0. The predicted octanol–water partition coefficient (Wildman–Crippen LogP) is 3.54. The minimum atomic E-state index is 0.182. The van der Waals surface area contributed by atoms with E-state index in [0.717, 1.165) is 0 Å². The molecule has 0 spiro atoms. The van der Waals surface area contributed by atoms with Crippen molar-refractivity contribution < 1.29 is 0 Å². The quantitative estimate of drug-likeness (QED) is 0.527. The monoisotopic (exact) mass is 149 g/mol. The molecule has 0 aromatic carbocycles. The molecule has 0 amide bonds.